The first-order valence-corrected chi connectivity index (χ1v) is 11.6. The first kappa shape index (κ1) is 21.3. The van der Waals surface area contributed by atoms with Gasteiger partial charge in [-0.3, -0.25) is 9.59 Å². The Bertz CT molecular complexity index is 1140. The number of benzene rings is 2. The summed E-state index contributed by atoms with van der Waals surface area (Å²) in [5, 5.41) is 5.64. The zero-order chi connectivity index (χ0) is 22.2. The minimum absolute atomic E-state index is 0.0829. The Morgan fingerprint density at radius 3 is 2.55 bits per heavy atom. The van der Waals surface area contributed by atoms with Crippen molar-refractivity contribution in [1.82, 2.24) is 4.31 Å². The SMILES string of the molecule is Cc1ccccc1NC(=O)C1CCN(S(=O)(=O)c2cc3c(cc2C)NC(=O)CO3)CC1. The van der Waals surface area contributed by atoms with E-state index < -0.39 is 10.0 Å². The van der Waals surface area contributed by atoms with Crippen LogP contribution >= 0.6 is 0 Å². The molecule has 0 aromatic heterocycles. The van der Waals surface area contributed by atoms with Crippen molar-refractivity contribution >= 4 is 33.2 Å². The summed E-state index contributed by atoms with van der Waals surface area (Å²) in [5.41, 5.74) is 2.76. The number of hydrogen-bond acceptors (Lipinski definition) is 5. The number of carbonyl (C=O) groups is 2. The van der Waals surface area contributed by atoms with Crippen LogP contribution in [0.25, 0.3) is 0 Å². The Kier molecular flexibility index (Phi) is 5.72. The van der Waals surface area contributed by atoms with Gasteiger partial charge < -0.3 is 15.4 Å². The van der Waals surface area contributed by atoms with Crippen LogP contribution in [0.4, 0.5) is 11.4 Å². The summed E-state index contributed by atoms with van der Waals surface area (Å²) in [4.78, 5) is 24.3. The molecule has 1 saturated heterocycles. The lowest BCUT2D eigenvalue weighted by Gasteiger charge is -2.31. The van der Waals surface area contributed by atoms with E-state index in [0.717, 1.165) is 11.3 Å². The molecular weight excluding hydrogens is 418 g/mol. The maximum absolute atomic E-state index is 13.3. The van der Waals surface area contributed by atoms with Gasteiger partial charge in [-0.2, -0.15) is 4.31 Å². The Balaban J connectivity index is 1.45. The van der Waals surface area contributed by atoms with E-state index in [4.69, 9.17) is 4.74 Å². The Morgan fingerprint density at radius 2 is 1.84 bits per heavy atom. The number of nitrogens with zero attached hydrogens (tertiary/aromatic N) is 1. The van der Waals surface area contributed by atoms with Gasteiger partial charge in [-0.25, -0.2) is 8.42 Å². The molecule has 31 heavy (non-hydrogen) atoms. The summed E-state index contributed by atoms with van der Waals surface area (Å²) < 4.78 is 33.3. The minimum atomic E-state index is -3.75. The van der Waals surface area contributed by atoms with Crippen molar-refractivity contribution in [3.05, 3.63) is 47.5 Å². The van der Waals surface area contributed by atoms with Crippen LogP contribution in [0.5, 0.6) is 5.75 Å². The van der Waals surface area contributed by atoms with Crippen LogP contribution in [0.3, 0.4) is 0 Å². The third-order valence-electron chi connectivity index (χ3n) is 5.76. The first-order valence-electron chi connectivity index (χ1n) is 10.2. The van der Waals surface area contributed by atoms with Crippen LogP contribution < -0.4 is 15.4 Å². The van der Waals surface area contributed by atoms with E-state index >= 15 is 0 Å². The van der Waals surface area contributed by atoms with Crippen molar-refractivity contribution in [2.24, 2.45) is 5.92 Å². The number of carbonyl (C=O) groups excluding carboxylic acids is 2. The lowest BCUT2D eigenvalue weighted by atomic mass is 9.97. The predicted molar refractivity (Wildman–Crippen MR) is 117 cm³/mol. The van der Waals surface area contributed by atoms with E-state index in [1.807, 2.05) is 31.2 Å². The number of sulfonamides is 1. The second kappa shape index (κ2) is 8.32. The van der Waals surface area contributed by atoms with E-state index in [1.54, 1.807) is 13.0 Å². The van der Waals surface area contributed by atoms with Crippen LogP contribution in [0.1, 0.15) is 24.0 Å². The Hall–Kier alpha value is -2.91. The van der Waals surface area contributed by atoms with E-state index in [1.165, 1.54) is 10.4 Å². The van der Waals surface area contributed by atoms with E-state index in [-0.39, 0.29) is 42.3 Å². The molecule has 2 N–H and O–H groups in total. The fraction of sp³-hybridized carbons (Fsp3) is 0.364. The summed E-state index contributed by atoms with van der Waals surface area (Å²) in [6.45, 7) is 4.01. The van der Waals surface area contributed by atoms with Crippen LogP contribution in [0.2, 0.25) is 0 Å². The molecule has 8 nitrogen and oxygen atoms in total. The average Bonchev–Trinajstić information content (AvgIpc) is 2.74. The zero-order valence-corrected chi connectivity index (χ0v) is 18.3. The first-order chi connectivity index (χ1) is 14.8. The lowest BCUT2D eigenvalue weighted by Crippen LogP contribution is -2.41. The quantitative estimate of drug-likeness (QED) is 0.756. The van der Waals surface area contributed by atoms with Gasteiger partial charge in [0.2, 0.25) is 15.9 Å². The second-order valence-corrected chi connectivity index (χ2v) is 9.84. The second-order valence-electron chi connectivity index (χ2n) is 7.93. The molecule has 0 atom stereocenters. The van der Waals surface area contributed by atoms with Gasteiger partial charge >= 0.3 is 0 Å². The number of piperidine rings is 1. The summed E-state index contributed by atoms with van der Waals surface area (Å²) in [6.07, 6.45) is 0.904. The summed E-state index contributed by atoms with van der Waals surface area (Å²) in [5.74, 6) is -0.250. The van der Waals surface area contributed by atoms with Crippen molar-refractivity contribution in [3.63, 3.8) is 0 Å². The number of nitrogens with one attached hydrogen (secondary N) is 2. The monoisotopic (exact) mass is 443 g/mol. The summed E-state index contributed by atoms with van der Waals surface area (Å²) in [6, 6.07) is 10.7. The van der Waals surface area contributed by atoms with Crippen LogP contribution in [0.15, 0.2) is 41.3 Å². The molecule has 0 spiro atoms. The number of aryl methyl sites for hydroxylation is 2. The van der Waals surface area contributed by atoms with Crippen molar-refractivity contribution in [1.29, 1.82) is 0 Å². The molecule has 0 unspecified atom stereocenters. The Labute approximate surface area is 181 Å². The number of hydrogen-bond donors (Lipinski definition) is 2. The molecule has 2 aromatic rings. The molecule has 2 aliphatic heterocycles. The smallest absolute Gasteiger partial charge is 0.262 e. The van der Waals surface area contributed by atoms with E-state index in [9.17, 15) is 18.0 Å². The number of para-hydroxylation sites is 1. The highest BCUT2D eigenvalue weighted by molar-refractivity contribution is 7.89. The zero-order valence-electron chi connectivity index (χ0n) is 17.5. The highest BCUT2D eigenvalue weighted by Gasteiger charge is 2.34. The highest BCUT2D eigenvalue weighted by Crippen LogP contribution is 2.35. The van der Waals surface area contributed by atoms with Gasteiger partial charge in [-0.05, 0) is 49.9 Å². The number of ether oxygens (including phenoxy) is 1. The van der Waals surface area contributed by atoms with Gasteiger partial charge in [0, 0.05) is 30.8 Å². The van der Waals surface area contributed by atoms with Gasteiger partial charge in [-0.15, -0.1) is 0 Å². The number of rotatable bonds is 4. The molecule has 0 radical (unpaired) electrons. The van der Waals surface area contributed by atoms with Crippen LogP contribution in [-0.4, -0.2) is 44.2 Å². The largest absolute Gasteiger partial charge is 0.482 e. The van der Waals surface area contributed by atoms with E-state index in [2.05, 4.69) is 10.6 Å². The van der Waals surface area contributed by atoms with Gasteiger partial charge in [0.1, 0.15) is 5.75 Å². The van der Waals surface area contributed by atoms with E-state index in [0.29, 0.717) is 29.8 Å². The van der Waals surface area contributed by atoms with Crippen LogP contribution in [0, 0.1) is 19.8 Å². The maximum Gasteiger partial charge on any atom is 0.262 e. The standard InChI is InChI=1S/C22H25N3O5S/c1-14-5-3-4-6-17(14)24-22(27)16-7-9-25(10-8-16)31(28,29)20-12-19-18(11-15(20)2)23-21(26)13-30-19/h3-6,11-12,16H,7-10,13H2,1-2H3,(H,23,26)(H,24,27). The summed E-state index contributed by atoms with van der Waals surface area (Å²) in [7, 11) is -3.75. The molecule has 0 aliphatic carbocycles. The number of amides is 2. The topological polar surface area (TPSA) is 105 Å². The molecule has 9 heteroatoms. The highest BCUT2D eigenvalue weighted by atomic mass is 32.2. The van der Waals surface area contributed by atoms with Gasteiger partial charge in [0.25, 0.3) is 5.91 Å². The van der Waals surface area contributed by atoms with Gasteiger partial charge in [0.05, 0.1) is 10.6 Å². The van der Waals surface area contributed by atoms with Crippen LogP contribution in [-0.2, 0) is 19.6 Å². The Morgan fingerprint density at radius 1 is 1.13 bits per heavy atom. The molecule has 2 heterocycles. The van der Waals surface area contributed by atoms with Crippen molar-refractivity contribution < 1.29 is 22.7 Å². The molecule has 164 valence electrons. The predicted octanol–water partition coefficient (Wildman–Crippen LogP) is 2.67. The third kappa shape index (κ3) is 4.28. The average molecular weight is 444 g/mol. The third-order valence-corrected chi connectivity index (χ3v) is 7.80. The summed E-state index contributed by atoms with van der Waals surface area (Å²) >= 11 is 0. The fourth-order valence-electron chi connectivity index (χ4n) is 3.94. The number of anilines is 2. The fourth-order valence-corrected chi connectivity index (χ4v) is 5.63. The molecule has 2 amide bonds. The molecule has 0 saturated carbocycles. The molecule has 0 bridgehead atoms. The van der Waals surface area contributed by atoms with Gasteiger partial charge in [-0.1, -0.05) is 18.2 Å². The molecule has 4 rings (SSSR count). The molecule has 2 aliphatic rings. The van der Waals surface area contributed by atoms with Gasteiger partial charge in [0.15, 0.2) is 6.61 Å². The lowest BCUT2D eigenvalue weighted by molar-refractivity contribution is -0.121. The van der Waals surface area contributed by atoms with Crippen molar-refractivity contribution in [3.8, 4) is 5.75 Å². The molecule has 1 fully saturated rings. The number of fused-ring (bicyclic) bond motifs is 1. The van der Waals surface area contributed by atoms with Crippen molar-refractivity contribution in [2.45, 2.75) is 31.6 Å². The molecular formula is C22H25N3O5S. The maximum atomic E-state index is 13.3. The normalized spacial score (nSPS) is 17.4. The minimum Gasteiger partial charge on any atom is -0.482 e. The molecule has 2 aromatic carbocycles. The van der Waals surface area contributed by atoms with Crippen molar-refractivity contribution in [2.75, 3.05) is 30.3 Å².